The molecule has 170 valence electrons. The second kappa shape index (κ2) is 9.38. The van der Waals surface area contributed by atoms with Gasteiger partial charge in [-0.05, 0) is 39.9 Å². The Morgan fingerprint density at radius 3 is 0.929 bits per heavy atom. The van der Waals surface area contributed by atoms with E-state index in [2.05, 4.69) is 96.9 Å². The second-order valence-electron chi connectivity index (χ2n) is 13.7. The van der Waals surface area contributed by atoms with Crippen LogP contribution in [0.3, 0.4) is 0 Å². The van der Waals surface area contributed by atoms with Gasteiger partial charge in [-0.2, -0.15) is 0 Å². The summed E-state index contributed by atoms with van der Waals surface area (Å²) in [6.07, 6.45) is 2.44. The van der Waals surface area contributed by atoms with Crippen molar-refractivity contribution >= 4 is 0 Å². The molecule has 0 aromatic heterocycles. The van der Waals surface area contributed by atoms with Gasteiger partial charge in [-0.3, -0.25) is 0 Å². The average Bonchev–Trinajstić information content (AvgIpc) is 2.42. The molecule has 0 aromatic rings. The summed E-state index contributed by atoms with van der Waals surface area (Å²) in [6, 6.07) is 0. The number of hydrogen-bond donors (Lipinski definition) is 0. The van der Waals surface area contributed by atoms with Gasteiger partial charge in [0.15, 0.2) is 0 Å². The summed E-state index contributed by atoms with van der Waals surface area (Å²) in [7, 11) is 0. The van der Waals surface area contributed by atoms with Crippen molar-refractivity contribution in [2.24, 2.45) is 32.5 Å². The Morgan fingerprint density at radius 1 is 0.500 bits per heavy atom. The van der Waals surface area contributed by atoms with Gasteiger partial charge in [0.2, 0.25) is 0 Å². The van der Waals surface area contributed by atoms with Crippen LogP contribution >= 0.6 is 0 Å². The molecule has 2 heteroatoms. The summed E-state index contributed by atoms with van der Waals surface area (Å²) in [5.74, 6) is 0. The van der Waals surface area contributed by atoms with Crippen molar-refractivity contribution < 1.29 is 9.47 Å². The number of hydrogen-bond acceptors (Lipinski definition) is 2. The molecule has 2 saturated heterocycles. The molecule has 2 aliphatic rings. The van der Waals surface area contributed by atoms with E-state index in [1.54, 1.807) is 0 Å². The van der Waals surface area contributed by atoms with Gasteiger partial charge in [0.25, 0.3) is 0 Å². The van der Waals surface area contributed by atoms with Gasteiger partial charge in [-0.1, -0.05) is 96.9 Å². The molecular weight excluding hydrogens is 344 g/mol. The molecule has 28 heavy (non-hydrogen) atoms. The molecule has 0 spiro atoms. The molecular formula is C26H54O2. The van der Waals surface area contributed by atoms with Crippen molar-refractivity contribution in [3.63, 3.8) is 0 Å². The molecule has 2 aliphatic heterocycles. The molecule has 0 N–H and O–H groups in total. The maximum atomic E-state index is 5.36. The van der Waals surface area contributed by atoms with Gasteiger partial charge in [-0.15, -0.1) is 0 Å². The van der Waals surface area contributed by atoms with E-state index in [0.717, 1.165) is 26.4 Å². The third-order valence-corrected chi connectivity index (χ3v) is 8.31. The predicted molar refractivity (Wildman–Crippen MR) is 125 cm³/mol. The summed E-state index contributed by atoms with van der Waals surface area (Å²) in [5.41, 5.74) is 2.64. The van der Waals surface area contributed by atoms with Crippen LogP contribution < -0.4 is 0 Å². The maximum absolute atomic E-state index is 5.36. The third kappa shape index (κ3) is 7.98. The predicted octanol–water partition coefficient (Wildman–Crippen LogP) is 8.00. The first-order chi connectivity index (χ1) is 12.2. The van der Waals surface area contributed by atoms with Crippen molar-refractivity contribution in [1.29, 1.82) is 0 Å². The standard InChI is InChI=1S/C10H20O.C8H16O.C8H18/c1-9(2,3)10(4)5-7-11-8-6-10;1-7(2,3)8(4)5-9-6-8;1-7(2,3)8(4,5)6/h5-8H2,1-4H3;5-6H2,1-4H3;1-6H3. The van der Waals surface area contributed by atoms with Crippen molar-refractivity contribution in [3.05, 3.63) is 0 Å². The van der Waals surface area contributed by atoms with E-state index in [1.165, 1.54) is 12.8 Å². The van der Waals surface area contributed by atoms with E-state index in [0.29, 0.717) is 32.5 Å². The van der Waals surface area contributed by atoms with E-state index in [9.17, 15) is 0 Å². The highest BCUT2D eigenvalue weighted by Gasteiger charge is 2.43. The molecule has 0 atom stereocenters. The van der Waals surface area contributed by atoms with Crippen LogP contribution in [0.25, 0.3) is 0 Å². The molecule has 2 fully saturated rings. The molecule has 0 amide bonds. The molecule has 0 radical (unpaired) electrons. The smallest absolute Gasteiger partial charge is 0.0547 e. The summed E-state index contributed by atoms with van der Waals surface area (Å²) >= 11 is 0. The zero-order valence-corrected chi connectivity index (χ0v) is 22.1. The van der Waals surface area contributed by atoms with Gasteiger partial charge in [0.1, 0.15) is 0 Å². The lowest BCUT2D eigenvalue weighted by Crippen LogP contribution is -2.49. The third-order valence-electron chi connectivity index (χ3n) is 8.31. The SMILES string of the molecule is CC(C)(C)C(C)(C)C.CC(C)(C)C1(C)CCOCC1.CC(C)(C)C1(C)COC1. The van der Waals surface area contributed by atoms with Gasteiger partial charge < -0.3 is 9.47 Å². The second-order valence-corrected chi connectivity index (χ2v) is 13.7. The van der Waals surface area contributed by atoms with E-state index in [-0.39, 0.29) is 0 Å². The Balaban J connectivity index is 0.000000397. The van der Waals surface area contributed by atoms with Crippen molar-refractivity contribution in [3.8, 4) is 0 Å². The lowest BCUT2D eigenvalue weighted by Gasteiger charge is -2.48. The van der Waals surface area contributed by atoms with Crippen LogP contribution in [0.15, 0.2) is 0 Å². The molecule has 2 nitrogen and oxygen atoms in total. The van der Waals surface area contributed by atoms with Crippen LogP contribution in [-0.2, 0) is 9.47 Å². The molecule has 2 heterocycles. The highest BCUT2D eigenvalue weighted by Crippen LogP contribution is 2.46. The Bertz CT molecular complexity index is 427. The van der Waals surface area contributed by atoms with E-state index in [1.807, 2.05) is 0 Å². The van der Waals surface area contributed by atoms with Crippen LogP contribution in [0, 0.1) is 32.5 Å². The highest BCUT2D eigenvalue weighted by molar-refractivity contribution is 4.91. The first-order valence-corrected chi connectivity index (χ1v) is 11.3. The normalized spacial score (nSPS) is 22.1. The maximum Gasteiger partial charge on any atom is 0.0547 e. The van der Waals surface area contributed by atoms with Crippen LogP contribution in [0.4, 0.5) is 0 Å². The summed E-state index contributed by atoms with van der Waals surface area (Å²) in [5, 5.41) is 0. The summed E-state index contributed by atoms with van der Waals surface area (Å²) in [6.45, 7) is 35.9. The van der Waals surface area contributed by atoms with Gasteiger partial charge in [-0.25, -0.2) is 0 Å². The molecule has 0 saturated carbocycles. The van der Waals surface area contributed by atoms with Gasteiger partial charge in [0.05, 0.1) is 13.2 Å². The van der Waals surface area contributed by atoms with E-state index < -0.39 is 0 Å². The quantitative estimate of drug-likeness (QED) is 0.411. The minimum absolute atomic E-state index is 0.408. The fraction of sp³-hybridized carbons (Fsp3) is 1.00. The van der Waals surface area contributed by atoms with Crippen molar-refractivity contribution in [2.75, 3.05) is 26.4 Å². The van der Waals surface area contributed by atoms with Crippen LogP contribution in [0.5, 0.6) is 0 Å². The van der Waals surface area contributed by atoms with Crippen molar-refractivity contribution in [1.82, 2.24) is 0 Å². The minimum Gasteiger partial charge on any atom is -0.381 e. The van der Waals surface area contributed by atoms with E-state index in [4.69, 9.17) is 9.47 Å². The molecule has 0 aromatic carbocycles. The minimum atomic E-state index is 0.408. The first-order valence-electron chi connectivity index (χ1n) is 11.3. The highest BCUT2D eigenvalue weighted by atomic mass is 16.5. The van der Waals surface area contributed by atoms with Crippen LogP contribution in [0.2, 0.25) is 0 Å². The molecule has 0 unspecified atom stereocenters. The fourth-order valence-electron chi connectivity index (χ4n) is 2.41. The lowest BCUT2D eigenvalue weighted by atomic mass is 9.64. The van der Waals surface area contributed by atoms with Gasteiger partial charge in [0, 0.05) is 18.6 Å². The topological polar surface area (TPSA) is 18.5 Å². The summed E-state index contributed by atoms with van der Waals surface area (Å²) < 4.78 is 10.5. The Labute approximate surface area is 178 Å². The van der Waals surface area contributed by atoms with E-state index >= 15 is 0 Å². The number of rotatable bonds is 0. The molecule has 2 rings (SSSR count). The Kier molecular flexibility index (Phi) is 9.35. The van der Waals surface area contributed by atoms with Crippen molar-refractivity contribution in [2.45, 2.75) is 110 Å². The molecule has 0 aliphatic carbocycles. The first kappa shape index (κ1) is 27.9. The zero-order valence-electron chi connectivity index (χ0n) is 22.1. The monoisotopic (exact) mass is 398 g/mol. The largest absolute Gasteiger partial charge is 0.381 e. The molecule has 0 bridgehead atoms. The fourth-order valence-corrected chi connectivity index (χ4v) is 2.41. The zero-order chi connectivity index (χ0) is 22.7. The van der Waals surface area contributed by atoms with Crippen LogP contribution in [-0.4, -0.2) is 26.4 Å². The Morgan fingerprint density at radius 2 is 0.821 bits per heavy atom. The Hall–Kier alpha value is -0.0800. The lowest BCUT2D eigenvalue weighted by molar-refractivity contribution is -0.158. The average molecular weight is 399 g/mol. The summed E-state index contributed by atoms with van der Waals surface area (Å²) in [4.78, 5) is 0. The van der Waals surface area contributed by atoms with Crippen LogP contribution in [0.1, 0.15) is 110 Å². The van der Waals surface area contributed by atoms with Gasteiger partial charge >= 0.3 is 0 Å². The number of ether oxygens (including phenoxy) is 2.